The van der Waals surface area contributed by atoms with Gasteiger partial charge in [-0.05, 0) is 190 Å². The van der Waals surface area contributed by atoms with Crippen LogP contribution in [-0.4, -0.2) is 60.4 Å². The number of nitrogens with one attached hydrogen (secondary N) is 2. The average Bonchev–Trinajstić information content (AvgIpc) is 3.81. The molecule has 4 aromatic carbocycles. The zero-order valence-electron chi connectivity index (χ0n) is 43.3. The van der Waals surface area contributed by atoms with E-state index in [-0.39, 0.29) is 17.8 Å². The Labute approximate surface area is 434 Å². The minimum absolute atomic E-state index is 0.131. The summed E-state index contributed by atoms with van der Waals surface area (Å²) in [5.41, 5.74) is 19.5. The molecule has 3 aliphatic rings. The van der Waals surface area contributed by atoms with E-state index in [4.69, 9.17) is 5.90 Å². The highest BCUT2D eigenvalue weighted by Crippen LogP contribution is 2.40. The highest BCUT2D eigenvalue weighted by atomic mass is 127. The van der Waals surface area contributed by atoms with Crippen LogP contribution in [0.1, 0.15) is 137 Å². The molecule has 3 aliphatic heterocycles. The van der Waals surface area contributed by atoms with Crippen LogP contribution in [-0.2, 0) is 22.6 Å². The van der Waals surface area contributed by atoms with Crippen molar-refractivity contribution in [3.63, 3.8) is 0 Å². The summed E-state index contributed by atoms with van der Waals surface area (Å²) >= 11 is 2.42. The van der Waals surface area contributed by atoms with E-state index in [0.717, 1.165) is 75.0 Å². The maximum Gasteiger partial charge on any atom is 0.324 e. The smallest absolute Gasteiger partial charge is 0.324 e. The van der Waals surface area contributed by atoms with E-state index in [2.05, 4.69) is 176 Å². The molecule has 5 aromatic rings. The van der Waals surface area contributed by atoms with Crippen LogP contribution >= 0.6 is 28.4 Å². The van der Waals surface area contributed by atoms with Gasteiger partial charge in [-0.1, -0.05) is 99.5 Å². The lowest BCUT2D eigenvalue weighted by molar-refractivity contribution is -0.144. The predicted octanol–water partition coefficient (Wildman–Crippen LogP) is 13.8. The Morgan fingerprint density at radius 3 is 2.19 bits per heavy atom. The number of carbonyl (C=O) groups excluding carboxylic acids is 2. The molecule has 376 valence electrons. The fraction of sp³-hybridized carbons (Fsp3) is 0.431. The number of hydrogen-bond acceptors (Lipinski definition) is 10. The number of pyridine rings is 1. The average molecular weight is 1080 g/mol. The largest absolute Gasteiger partial charge is 0.383 e. The Bertz CT molecular complexity index is 2410. The third kappa shape index (κ3) is 16.5. The molecular weight excluding hydrogens is 1000 g/mol. The predicted molar refractivity (Wildman–Crippen MR) is 306 cm³/mol. The van der Waals surface area contributed by atoms with Crippen LogP contribution < -0.4 is 26.3 Å². The molecule has 0 aliphatic carbocycles. The summed E-state index contributed by atoms with van der Waals surface area (Å²) in [5, 5.41) is 3.42. The van der Waals surface area contributed by atoms with Gasteiger partial charge in [-0.3, -0.25) is 24.3 Å². The fourth-order valence-electron chi connectivity index (χ4n) is 9.48. The Morgan fingerprint density at radius 1 is 0.886 bits per heavy atom. The Morgan fingerprint density at radius 2 is 1.56 bits per heavy atom. The number of aryl methyl sites for hydroxylation is 2. The Balaban J connectivity index is 0.000000250. The summed E-state index contributed by atoms with van der Waals surface area (Å²) in [6.07, 6.45) is 11.9. The molecule has 12 heteroatoms. The third-order valence-corrected chi connectivity index (χ3v) is 15.4. The SMILES string of the molecule is CC.CC.CC(=O)c1ccc(C2CCN(C/C(C)=C/c3c(-c4ccc5c(c4)CNN5PI)ccnc3C)CC2)cc1.Cc1ccc(CC2CCN(c3ccc(NC(C)CCC(=O)ON)cc3)CC2)cc1. The van der Waals surface area contributed by atoms with Crippen molar-refractivity contribution in [2.45, 2.75) is 126 Å². The van der Waals surface area contributed by atoms with Crippen molar-refractivity contribution in [2.24, 2.45) is 11.8 Å². The first kappa shape index (κ1) is 56.3. The highest BCUT2D eigenvalue weighted by molar-refractivity contribution is 14.2. The van der Waals surface area contributed by atoms with E-state index in [9.17, 15) is 9.59 Å². The normalized spacial score (nSPS) is 15.7. The minimum Gasteiger partial charge on any atom is -0.383 e. The number of nitrogens with zero attached hydrogens (tertiary/aromatic N) is 4. The second-order valence-electron chi connectivity index (χ2n) is 18.4. The van der Waals surface area contributed by atoms with Gasteiger partial charge >= 0.3 is 5.97 Å². The molecule has 0 spiro atoms. The van der Waals surface area contributed by atoms with Gasteiger partial charge in [0.15, 0.2) is 5.78 Å². The molecule has 0 saturated carbocycles. The zero-order valence-corrected chi connectivity index (χ0v) is 46.4. The quantitative estimate of drug-likeness (QED) is 0.0405. The molecule has 4 N–H and O–H groups in total. The summed E-state index contributed by atoms with van der Waals surface area (Å²) in [4.78, 5) is 36.6. The summed E-state index contributed by atoms with van der Waals surface area (Å²) in [7, 11) is 0. The van der Waals surface area contributed by atoms with E-state index in [1.54, 1.807) is 6.92 Å². The number of hydrogen-bond donors (Lipinski definition) is 3. The number of hydrazine groups is 1. The van der Waals surface area contributed by atoms with E-state index >= 15 is 0 Å². The number of carbonyl (C=O) groups is 2. The number of piperidine rings is 2. The van der Waals surface area contributed by atoms with Crippen molar-refractivity contribution in [3.05, 3.63) is 148 Å². The van der Waals surface area contributed by atoms with Crippen molar-refractivity contribution < 1.29 is 14.4 Å². The Hall–Kier alpha value is -4.65. The zero-order chi connectivity index (χ0) is 50.6. The topological polar surface area (TPSA) is 116 Å². The van der Waals surface area contributed by atoms with Gasteiger partial charge < -0.3 is 15.1 Å². The first-order valence-electron chi connectivity index (χ1n) is 25.5. The molecule has 4 heterocycles. The number of aromatic nitrogens is 1. The lowest BCUT2D eigenvalue weighted by atomic mass is 9.88. The molecule has 1 aromatic heterocycles. The highest BCUT2D eigenvalue weighted by Gasteiger charge is 2.23. The van der Waals surface area contributed by atoms with Crippen molar-refractivity contribution in [1.82, 2.24) is 15.3 Å². The molecule has 0 amide bonds. The maximum absolute atomic E-state index is 11.6. The van der Waals surface area contributed by atoms with Gasteiger partial charge in [0.05, 0.1) is 12.1 Å². The number of likely N-dealkylation sites (tertiary alicyclic amines) is 1. The van der Waals surface area contributed by atoms with Gasteiger partial charge in [-0.2, -0.15) is 5.90 Å². The second kappa shape index (κ2) is 29.0. The van der Waals surface area contributed by atoms with Crippen molar-refractivity contribution in [1.29, 1.82) is 0 Å². The van der Waals surface area contributed by atoms with Crippen LogP contribution in [0.3, 0.4) is 0 Å². The summed E-state index contributed by atoms with van der Waals surface area (Å²) in [6, 6.07) is 34.9. The number of halogens is 1. The first-order valence-corrected chi connectivity index (χ1v) is 29.6. The van der Waals surface area contributed by atoms with Crippen LogP contribution in [0.5, 0.6) is 0 Å². The van der Waals surface area contributed by atoms with Crippen LogP contribution in [0.2, 0.25) is 0 Å². The van der Waals surface area contributed by atoms with Crippen LogP contribution in [0.15, 0.2) is 109 Å². The molecule has 8 rings (SSSR count). The molecule has 2 unspecified atom stereocenters. The molecule has 0 radical (unpaired) electrons. The number of Topliss-reactive ketones (excluding diaryl/α,β-unsaturated/α-hetero) is 1. The van der Waals surface area contributed by atoms with Crippen molar-refractivity contribution >= 4 is 63.3 Å². The van der Waals surface area contributed by atoms with Crippen LogP contribution in [0, 0.1) is 19.8 Å². The summed E-state index contributed by atoms with van der Waals surface area (Å²) in [5.74, 6) is 5.98. The van der Waals surface area contributed by atoms with E-state index < -0.39 is 0 Å². The fourth-order valence-corrected chi connectivity index (χ4v) is 11.2. The number of ketones is 1. The number of benzene rings is 4. The second-order valence-corrected chi connectivity index (χ2v) is 20.5. The van der Waals surface area contributed by atoms with Gasteiger partial charge in [0.1, 0.15) is 0 Å². The molecule has 2 atom stereocenters. The van der Waals surface area contributed by atoms with Gasteiger partial charge in [0.25, 0.3) is 0 Å². The van der Waals surface area contributed by atoms with Crippen molar-refractivity contribution in [2.75, 3.05) is 47.7 Å². The lowest BCUT2D eigenvalue weighted by Gasteiger charge is -2.34. The van der Waals surface area contributed by atoms with Gasteiger partial charge in [-0.15, -0.1) is 0 Å². The molecular formula is C58H79IN7O3P. The number of rotatable bonds is 15. The Kier molecular flexibility index (Phi) is 23.3. The molecule has 2 fully saturated rings. The molecule has 2 saturated heterocycles. The van der Waals surface area contributed by atoms with Gasteiger partial charge in [-0.25, -0.2) is 5.43 Å². The number of anilines is 3. The maximum atomic E-state index is 11.6. The van der Waals surface area contributed by atoms with Gasteiger partial charge in [0, 0.05) is 73.0 Å². The van der Waals surface area contributed by atoms with E-state index in [1.165, 1.54) is 75.2 Å². The van der Waals surface area contributed by atoms with Crippen LogP contribution in [0.25, 0.3) is 17.2 Å². The van der Waals surface area contributed by atoms with Gasteiger partial charge in [0.2, 0.25) is 0 Å². The monoisotopic (exact) mass is 1080 g/mol. The summed E-state index contributed by atoms with van der Waals surface area (Å²) in [6.45, 7) is 24.4. The third-order valence-electron chi connectivity index (χ3n) is 13.4. The molecule has 10 nitrogen and oxygen atoms in total. The van der Waals surface area contributed by atoms with E-state index in [1.807, 2.05) is 46.0 Å². The molecule has 70 heavy (non-hydrogen) atoms. The van der Waals surface area contributed by atoms with E-state index in [0.29, 0.717) is 25.1 Å². The minimum atomic E-state index is -0.375. The summed E-state index contributed by atoms with van der Waals surface area (Å²) < 4.78 is 2.23. The van der Waals surface area contributed by atoms with Crippen LogP contribution in [0.4, 0.5) is 17.1 Å². The standard InChI is InChI=1S/C30H34IN4OP.C24H33N3O2.2C2H6/c1-20(19-34-14-11-25(12-15-34)24-6-4-23(5-7-24)22(3)36)16-29-21(2)32-13-10-28(29)26-8-9-30-27(17-26)18-33-35(30)37-31;1-18-3-6-20(7-4-18)17-21-13-15-27(16-14-21)23-10-8-22(9-11-23)26-19(2)5-12-24(28)29-25;2*1-2/h4-10,13,16-17,25,33,37H,11-12,14-15,18-19H2,1-3H3;3-4,6-11,19,21,26H,5,12-17,25H2,1-2H3;2*1-2H3/b20-16+;;;. The van der Waals surface area contributed by atoms with Crippen molar-refractivity contribution in [3.8, 4) is 11.1 Å². The molecule has 0 bridgehead atoms. The lowest BCUT2D eigenvalue weighted by Crippen LogP contribution is -2.34. The number of nitrogens with two attached hydrogens (primary N) is 1. The first-order chi connectivity index (χ1) is 34.0. The number of fused-ring (bicyclic) bond motifs is 1.